The summed E-state index contributed by atoms with van der Waals surface area (Å²) in [7, 11) is 1.68. The highest BCUT2D eigenvalue weighted by Crippen LogP contribution is 2.11. The van der Waals surface area contributed by atoms with Gasteiger partial charge in [-0.3, -0.25) is 9.59 Å². The second-order valence-corrected chi connectivity index (χ2v) is 6.05. The Kier molecular flexibility index (Phi) is 6.49. The zero-order valence-electron chi connectivity index (χ0n) is 11.4. The van der Waals surface area contributed by atoms with Gasteiger partial charge in [0.2, 0.25) is 11.8 Å². The van der Waals surface area contributed by atoms with Crippen molar-refractivity contribution in [3.63, 3.8) is 0 Å². The van der Waals surface area contributed by atoms with E-state index in [0.717, 1.165) is 18.1 Å². The molecule has 6 heteroatoms. The summed E-state index contributed by atoms with van der Waals surface area (Å²) < 4.78 is 0. The van der Waals surface area contributed by atoms with Crippen molar-refractivity contribution in [1.29, 1.82) is 0 Å². The quantitative estimate of drug-likeness (QED) is 0.744. The number of thioether (sulfide) groups is 1. The van der Waals surface area contributed by atoms with Crippen molar-refractivity contribution in [1.82, 2.24) is 15.5 Å². The molecule has 1 fully saturated rings. The molecule has 0 spiro atoms. The fourth-order valence-corrected chi connectivity index (χ4v) is 2.74. The lowest BCUT2D eigenvalue weighted by atomic mass is 10.2. The monoisotopic (exact) mass is 273 g/mol. The Labute approximate surface area is 113 Å². The molecule has 0 aliphatic carbocycles. The molecule has 0 bridgehead atoms. The van der Waals surface area contributed by atoms with Crippen LogP contribution in [0.2, 0.25) is 0 Å². The number of likely N-dealkylation sites (N-methyl/N-ethyl adjacent to an activating group) is 1. The Morgan fingerprint density at radius 1 is 1.50 bits per heavy atom. The minimum atomic E-state index is -0.105. The summed E-state index contributed by atoms with van der Waals surface area (Å²) in [5, 5.41) is 6.10. The fraction of sp³-hybridized carbons (Fsp3) is 0.833. The third-order valence-corrected chi connectivity index (χ3v) is 3.81. The van der Waals surface area contributed by atoms with Gasteiger partial charge in [0.15, 0.2) is 0 Å². The smallest absolute Gasteiger partial charge is 0.239 e. The second kappa shape index (κ2) is 7.63. The topological polar surface area (TPSA) is 61.4 Å². The van der Waals surface area contributed by atoms with Gasteiger partial charge in [-0.25, -0.2) is 0 Å². The normalized spacial score (nSPS) is 19.7. The van der Waals surface area contributed by atoms with Crippen molar-refractivity contribution in [2.24, 2.45) is 0 Å². The van der Waals surface area contributed by atoms with Crippen LogP contribution in [0.15, 0.2) is 0 Å². The molecule has 1 aliphatic rings. The predicted molar refractivity (Wildman–Crippen MR) is 74.6 cm³/mol. The minimum Gasteiger partial charge on any atom is -0.352 e. The van der Waals surface area contributed by atoms with Gasteiger partial charge in [-0.15, -0.1) is 0 Å². The van der Waals surface area contributed by atoms with Crippen LogP contribution in [-0.2, 0) is 9.59 Å². The van der Waals surface area contributed by atoms with Crippen LogP contribution < -0.4 is 10.6 Å². The number of nitrogens with one attached hydrogen (secondary N) is 2. The minimum absolute atomic E-state index is 0.0221. The molecule has 0 aromatic carbocycles. The third-order valence-electron chi connectivity index (χ3n) is 2.68. The number of amides is 2. The van der Waals surface area contributed by atoms with E-state index in [9.17, 15) is 9.59 Å². The van der Waals surface area contributed by atoms with Gasteiger partial charge in [0.05, 0.1) is 6.54 Å². The Morgan fingerprint density at radius 3 is 2.78 bits per heavy atom. The van der Waals surface area contributed by atoms with Crippen molar-refractivity contribution in [3.05, 3.63) is 0 Å². The van der Waals surface area contributed by atoms with E-state index in [1.807, 2.05) is 25.6 Å². The van der Waals surface area contributed by atoms with Crippen LogP contribution in [0.25, 0.3) is 0 Å². The highest BCUT2D eigenvalue weighted by molar-refractivity contribution is 7.99. The molecular weight excluding hydrogens is 250 g/mol. The van der Waals surface area contributed by atoms with Crippen LogP contribution in [-0.4, -0.2) is 60.4 Å². The van der Waals surface area contributed by atoms with E-state index >= 15 is 0 Å². The number of hydrogen-bond acceptors (Lipinski definition) is 4. The van der Waals surface area contributed by atoms with E-state index in [1.165, 1.54) is 4.90 Å². The molecule has 2 N–H and O–H groups in total. The molecule has 1 unspecified atom stereocenters. The van der Waals surface area contributed by atoms with Crippen molar-refractivity contribution in [2.45, 2.75) is 32.4 Å². The largest absolute Gasteiger partial charge is 0.352 e. The lowest BCUT2D eigenvalue weighted by molar-refractivity contribution is -0.135. The maximum Gasteiger partial charge on any atom is 0.239 e. The average Bonchev–Trinajstić information content (AvgIpc) is 2.28. The predicted octanol–water partition coefficient (Wildman–Crippen LogP) is 0.0645. The van der Waals surface area contributed by atoms with Crippen molar-refractivity contribution in [2.75, 3.05) is 31.6 Å². The first-order valence-corrected chi connectivity index (χ1v) is 7.49. The third kappa shape index (κ3) is 5.73. The molecule has 0 radical (unpaired) electrons. The Balaban J connectivity index is 2.29. The van der Waals surface area contributed by atoms with Crippen LogP contribution >= 0.6 is 11.8 Å². The molecule has 1 saturated heterocycles. The van der Waals surface area contributed by atoms with E-state index in [0.29, 0.717) is 6.42 Å². The summed E-state index contributed by atoms with van der Waals surface area (Å²) in [6, 6.07) is 0.351. The van der Waals surface area contributed by atoms with E-state index in [-0.39, 0.29) is 30.4 Å². The standard InChI is InChI=1S/C12H23N3O2S/c1-9(2)14-11(16)7-15(3)12(17)6-10-8-18-5-4-13-10/h9-10,13H,4-8H2,1-3H3,(H,14,16). The van der Waals surface area contributed by atoms with Gasteiger partial charge in [-0.2, -0.15) is 11.8 Å². The van der Waals surface area contributed by atoms with Gasteiger partial charge in [-0.05, 0) is 13.8 Å². The summed E-state index contributed by atoms with van der Waals surface area (Å²) in [5.74, 6) is 2.00. The molecule has 1 atom stereocenters. The molecule has 5 nitrogen and oxygen atoms in total. The number of hydrogen-bond donors (Lipinski definition) is 2. The molecule has 1 heterocycles. The fourth-order valence-electron chi connectivity index (χ4n) is 1.79. The number of carbonyl (C=O) groups excluding carboxylic acids is 2. The molecule has 0 saturated carbocycles. The first kappa shape index (κ1) is 15.3. The maximum absolute atomic E-state index is 11.9. The molecule has 18 heavy (non-hydrogen) atoms. The molecule has 0 aromatic rings. The highest BCUT2D eigenvalue weighted by Gasteiger charge is 2.20. The number of nitrogens with zero attached hydrogens (tertiary/aromatic N) is 1. The summed E-state index contributed by atoms with van der Waals surface area (Å²) in [6.07, 6.45) is 0.471. The van der Waals surface area contributed by atoms with Crippen molar-refractivity contribution >= 4 is 23.6 Å². The lowest BCUT2D eigenvalue weighted by Gasteiger charge is -2.25. The van der Waals surface area contributed by atoms with Gasteiger partial charge in [0.25, 0.3) is 0 Å². The van der Waals surface area contributed by atoms with Crippen molar-refractivity contribution in [3.8, 4) is 0 Å². The Bertz CT molecular complexity index is 291. The van der Waals surface area contributed by atoms with Crippen LogP contribution in [0.3, 0.4) is 0 Å². The first-order valence-electron chi connectivity index (χ1n) is 6.33. The summed E-state index contributed by atoms with van der Waals surface area (Å²) >= 11 is 1.87. The number of rotatable bonds is 5. The van der Waals surface area contributed by atoms with Gasteiger partial charge >= 0.3 is 0 Å². The average molecular weight is 273 g/mol. The van der Waals surface area contributed by atoms with E-state index in [2.05, 4.69) is 10.6 Å². The maximum atomic E-state index is 11.9. The molecule has 104 valence electrons. The molecule has 1 rings (SSSR count). The molecule has 2 amide bonds. The zero-order chi connectivity index (χ0) is 13.5. The zero-order valence-corrected chi connectivity index (χ0v) is 12.2. The van der Waals surface area contributed by atoms with Crippen molar-refractivity contribution < 1.29 is 9.59 Å². The van der Waals surface area contributed by atoms with E-state index in [1.54, 1.807) is 7.05 Å². The summed E-state index contributed by atoms with van der Waals surface area (Å²) in [5.41, 5.74) is 0. The van der Waals surface area contributed by atoms with Crippen LogP contribution in [0.1, 0.15) is 20.3 Å². The molecule has 1 aliphatic heterocycles. The first-order chi connectivity index (χ1) is 8.49. The van der Waals surface area contributed by atoms with Crippen LogP contribution in [0.4, 0.5) is 0 Å². The van der Waals surface area contributed by atoms with E-state index < -0.39 is 0 Å². The van der Waals surface area contributed by atoms with Gasteiger partial charge < -0.3 is 15.5 Å². The molecule has 0 aromatic heterocycles. The highest BCUT2D eigenvalue weighted by atomic mass is 32.2. The van der Waals surface area contributed by atoms with E-state index in [4.69, 9.17) is 0 Å². The summed E-state index contributed by atoms with van der Waals surface area (Å²) in [6.45, 7) is 4.91. The summed E-state index contributed by atoms with van der Waals surface area (Å²) in [4.78, 5) is 25.0. The van der Waals surface area contributed by atoms with Crippen LogP contribution in [0.5, 0.6) is 0 Å². The lowest BCUT2D eigenvalue weighted by Crippen LogP contribution is -2.44. The Morgan fingerprint density at radius 2 is 2.22 bits per heavy atom. The SMILES string of the molecule is CC(C)NC(=O)CN(C)C(=O)CC1CSCCN1. The van der Waals surface area contributed by atoms with Crippen LogP contribution in [0, 0.1) is 0 Å². The second-order valence-electron chi connectivity index (χ2n) is 4.90. The molecular formula is C12H23N3O2S. The van der Waals surface area contributed by atoms with Gasteiger partial charge in [0.1, 0.15) is 0 Å². The van der Waals surface area contributed by atoms with Gasteiger partial charge in [-0.1, -0.05) is 0 Å². The number of carbonyl (C=O) groups is 2. The Hall–Kier alpha value is -0.750. The van der Waals surface area contributed by atoms with Gasteiger partial charge in [0, 0.05) is 43.6 Å².